The number of aromatic nitrogens is 1. The number of anilines is 1. The van der Waals surface area contributed by atoms with Gasteiger partial charge in [0.25, 0.3) is 0 Å². The molecule has 0 radical (unpaired) electrons. The third-order valence-corrected chi connectivity index (χ3v) is 4.20. The van der Waals surface area contributed by atoms with Crippen molar-refractivity contribution in [2.75, 3.05) is 5.73 Å². The maximum Gasteiger partial charge on any atom is 0.230 e. The van der Waals surface area contributed by atoms with E-state index in [2.05, 4.69) is 37.0 Å². The van der Waals surface area contributed by atoms with Crippen molar-refractivity contribution < 1.29 is 8.91 Å². The molecule has 0 aliphatic heterocycles. The van der Waals surface area contributed by atoms with Gasteiger partial charge in [0.2, 0.25) is 5.88 Å². The van der Waals surface area contributed by atoms with Crippen molar-refractivity contribution in [2.24, 2.45) is 0 Å². The van der Waals surface area contributed by atoms with Gasteiger partial charge in [0, 0.05) is 20.1 Å². The van der Waals surface area contributed by atoms with Gasteiger partial charge in [0.1, 0.15) is 11.5 Å². The largest absolute Gasteiger partial charge is 0.367 e. The van der Waals surface area contributed by atoms with E-state index >= 15 is 0 Å². The van der Waals surface area contributed by atoms with Gasteiger partial charge < -0.3 is 10.3 Å². The van der Waals surface area contributed by atoms with Crippen LogP contribution < -0.4 is 5.73 Å². The molecular formula is C15H9Br2FN2O. The van der Waals surface area contributed by atoms with E-state index in [1.807, 2.05) is 18.2 Å². The lowest BCUT2D eigenvalue weighted by atomic mass is 10.0. The van der Waals surface area contributed by atoms with Crippen molar-refractivity contribution in [2.45, 2.75) is 0 Å². The van der Waals surface area contributed by atoms with Gasteiger partial charge in [-0.1, -0.05) is 61.3 Å². The van der Waals surface area contributed by atoms with Gasteiger partial charge in [-0.2, -0.15) is 0 Å². The molecule has 0 aliphatic carbocycles. The summed E-state index contributed by atoms with van der Waals surface area (Å²) in [6.07, 6.45) is 0. The van der Waals surface area contributed by atoms with Crippen molar-refractivity contribution >= 4 is 37.7 Å². The van der Waals surface area contributed by atoms with Gasteiger partial charge >= 0.3 is 0 Å². The zero-order valence-electron chi connectivity index (χ0n) is 10.6. The predicted octanol–water partition coefficient (Wildman–Crippen LogP) is 5.25. The summed E-state index contributed by atoms with van der Waals surface area (Å²) in [7, 11) is 0. The Morgan fingerprint density at radius 3 is 2.52 bits per heavy atom. The lowest BCUT2D eigenvalue weighted by Gasteiger charge is -2.06. The van der Waals surface area contributed by atoms with Crippen molar-refractivity contribution in [1.82, 2.24) is 5.16 Å². The van der Waals surface area contributed by atoms with Crippen LogP contribution in [-0.2, 0) is 0 Å². The maximum atomic E-state index is 14.0. The van der Waals surface area contributed by atoms with Crippen LogP contribution in [0.5, 0.6) is 0 Å². The second-order valence-electron chi connectivity index (χ2n) is 4.37. The van der Waals surface area contributed by atoms with Crippen molar-refractivity contribution in [3.8, 4) is 22.4 Å². The Morgan fingerprint density at radius 2 is 1.81 bits per heavy atom. The third kappa shape index (κ3) is 2.61. The van der Waals surface area contributed by atoms with Gasteiger partial charge in [-0.25, -0.2) is 4.39 Å². The average Bonchev–Trinajstić information content (AvgIpc) is 2.81. The SMILES string of the molecule is Nc1onc(-c2ccc(Br)cc2Br)c1-c1ccccc1F. The second-order valence-corrected chi connectivity index (χ2v) is 6.14. The third-order valence-electron chi connectivity index (χ3n) is 3.05. The molecule has 2 N–H and O–H groups in total. The van der Waals surface area contributed by atoms with Gasteiger partial charge in [-0.3, -0.25) is 0 Å². The molecular weight excluding hydrogens is 403 g/mol. The van der Waals surface area contributed by atoms with Crippen molar-refractivity contribution in [3.63, 3.8) is 0 Å². The van der Waals surface area contributed by atoms with Crippen LogP contribution in [0.2, 0.25) is 0 Å². The minimum atomic E-state index is -0.373. The van der Waals surface area contributed by atoms with E-state index in [4.69, 9.17) is 10.3 Å². The van der Waals surface area contributed by atoms with Crippen LogP contribution in [0.4, 0.5) is 10.3 Å². The summed E-state index contributed by atoms with van der Waals surface area (Å²) in [5.74, 6) is -0.285. The van der Waals surface area contributed by atoms with E-state index in [0.717, 1.165) is 14.5 Å². The Kier molecular flexibility index (Phi) is 3.82. The predicted molar refractivity (Wildman–Crippen MR) is 87.1 cm³/mol. The maximum absolute atomic E-state index is 14.0. The van der Waals surface area contributed by atoms with Gasteiger partial charge in [0.05, 0.1) is 5.56 Å². The standard InChI is InChI=1S/C15H9Br2FN2O/c16-8-5-6-9(11(17)7-8)14-13(15(19)21-20-14)10-3-1-2-4-12(10)18/h1-7H,19H2. The Labute approximate surface area is 137 Å². The second kappa shape index (κ2) is 5.61. The molecule has 0 atom stereocenters. The fourth-order valence-electron chi connectivity index (χ4n) is 2.09. The molecule has 1 heterocycles. The zero-order valence-corrected chi connectivity index (χ0v) is 13.8. The number of halogens is 3. The molecule has 3 nitrogen and oxygen atoms in total. The van der Waals surface area contributed by atoms with Gasteiger partial charge in [0.15, 0.2) is 0 Å². The molecule has 0 amide bonds. The summed E-state index contributed by atoms with van der Waals surface area (Å²) < 4.78 is 20.8. The fraction of sp³-hybridized carbons (Fsp3) is 0. The first-order valence-electron chi connectivity index (χ1n) is 6.03. The van der Waals surface area contributed by atoms with Gasteiger partial charge in [-0.05, 0) is 18.2 Å². The number of nitrogens with zero attached hydrogens (tertiary/aromatic N) is 1. The minimum Gasteiger partial charge on any atom is -0.367 e. The smallest absolute Gasteiger partial charge is 0.230 e. The summed E-state index contributed by atoms with van der Waals surface area (Å²) in [5.41, 5.74) is 7.93. The zero-order chi connectivity index (χ0) is 15.0. The van der Waals surface area contributed by atoms with Crippen LogP contribution in [0.25, 0.3) is 22.4 Å². The van der Waals surface area contributed by atoms with Gasteiger partial charge in [-0.15, -0.1) is 0 Å². The van der Waals surface area contributed by atoms with Crippen LogP contribution in [-0.4, -0.2) is 5.16 Å². The molecule has 21 heavy (non-hydrogen) atoms. The first kappa shape index (κ1) is 14.3. The van der Waals surface area contributed by atoms with E-state index in [-0.39, 0.29) is 11.7 Å². The molecule has 0 bridgehead atoms. The highest BCUT2D eigenvalue weighted by atomic mass is 79.9. The molecule has 0 spiro atoms. The summed E-state index contributed by atoms with van der Waals surface area (Å²) in [4.78, 5) is 0. The molecule has 0 saturated heterocycles. The monoisotopic (exact) mass is 410 g/mol. The number of hydrogen-bond donors (Lipinski definition) is 1. The number of nitrogen functional groups attached to an aromatic ring is 1. The highest BCUT2D eigenvalue weighted by molar-refractivity contribution is 9.11. The van der Waals surface area contributed by atoms with E-state index in [1.165, 1.54) is 6.07 Å². The van der Waals surface area contributed by atoms with Crippen molar-refractivity contribution in [1.29, 1.82) is 0 Å². The molecule has 0 aliphatic rings. The molecule has 3 rings (SSSR count). The summed E-state index contributed by atoms with van der Waals surface area (Å²) in [6.45, 7) is 0. The Bertz CT molecular complexity index is 817. The molecule has 3 aromatic rings. The molecule has 106 valence electrons. The highest BCUT2D eigenvalue weighted by Crippen LogP contribution is 2.40. The fourth-order valence-corrected chi connectivity index (χ4v) is 3.33. The molecule has 0 unspecified atom stereocenters. The van der Waals surface area contributed by atoms with E-state index in [0.29, 0.717) is 16.8 Å². The molecule has 1 aromatic heterocycles. The van der Waals surface area contributed by atoms with Crippen LogP contribution in [0.15, 0.2) is 55.9 Å². The van der Waals surface area contributed by atoms with E-state index in [9.17, 15) is 4.39 Å². The molecule has 0 fully saturated rings. The van der Waals surface area contributed by atoms with Crippen LogP contribution in [0.1, 0.15) is 0 Å². The number of hydrogen-bond acceptors (Lipinski definition) is 3. The minimum absolute atomic E-state index is 0.0879. The lowest BCUT2D eigenvalue weighted by molar-refractivity contribution is 0.439. The Morgan fingerprint density at radius 1 is 1.05 bits per heavy atom. The van der Waals surface area contributed by atoms with Crippen LogP contribution >= 0.6 is 31.9 Å². The summed E-state index contributed by atoms with van der Waals surface area (Å²) in [6, 6.07) is 12.0. The van der Waals surface area contributed by atoms with Crippen LogP contribution in [0, 0.1) is 5.82 Å². The average molecular weight is 412 g/mol. The molecule has 2 aromatic carbocycles. The number of rotatable bonds is 2. The Balaban J connectivity index is 2.25. The number of benzene rings is 2. The van der Waals surface area contributed by atoms with E-state index < -0.39 is 0 Å². The lowest BCUT2D eigenvalue weighted by Crippen LogP contribution is -1.91. The Hall–Kier alpha value is -1.66. The van der Waals surface area contributed by atoms with E-state index in [1.54, 1.807) is 18.2 Å². The first-order valence-corrected chi connectivity index (χ1v) is 7.62. The molecule has 0 saturated carbocycles. The quantitative estimate of drug-likeness (QED) is 0.626. The topological polar surface area (TPSA) is 52.0 Å². The van der Waals surface area contributed by atoms with Crippen LogP contribution in [0.3, 0.4) is 0 Å². The van der Waals surface area contributed by atoms with Crippen molar-refractivity contribution in [3.05, 3.63) is 57.2 Å². The normalized spacial score (nSPS) is 10.8. The highest BCUT2D eigenvalue weighted by Gasteiger charge is 2.21. The molecule has 6 heteroatoms. The first-order chi connectivity index (χ1) is 10.1. The summed E-state index contributed by atoms with van der Waals surface area (Å²) in [5, 5.41) is 3.98. The summed E-state index contributed by atoms with van der Waals surface area (Å²) >= 11 is 6.86. The number of nitrogens with two attached hydrogens (primary N) is 1.